The van der Waals surface area contributed by atoms with Crippen molar-refractivity contribution in [2.75, 3.05) is 26.0 Å². The van der Waals surface area contributed by atoms with Gasteiger partial charge in [-0.05, 0) is 31.3 Å². The average Bonchev–Trinajstić information content (AvgIpc) is 2.58. The van der Waals surface area contributed by atoms with Gasteiger partial charge in [0.15, 0.2) is 23.1 Å². The molecule has 2 aromatic carbocycles. The number of rotatable bonds is 7. The molecule has 0 aliphatic rings. The average molecular weight is 369 g/mol. The van der Waals surface area contributed by atoms with Crippen LogP contribution in [0.25, 0.3) is 0 Å². The minimum Gasteiger partial charge on any atom is -0.493 e. The third-order valence-electron chi connectivity index (χ3n) is 3.45. The SMILES string of the molecule is CNCC(C)C(=O)Nc1ccc(Oc2ccccc2OC)c(F)c1.Cl. The lowest BCUT2D eigenvalue weighted by Gasteiger charge is -2.13. The second-order valence-corrected chi connectivity index (χ2v) is 5.35. The van der Waals surface area contributed by atoms with E-state index in [-0.39, 0.29) is 30.0 Å². The quantitative estimate of drug-likeness (QED) is 0.779. The second-order valence-electron chi connectivity index (χ2n) is 5.35. The van der Waals surface area contributed by atoms with Crippen LogP contribution in [0.2, 0.25) is 0 Å². The number of amides is 1. The molecule has 1 unspecified atom stereocenters. The van der Waals surface area contributed by atoms with Gasteiger partial charge in [-0.3, -0.25) is 4.79 Å². The van der Waals surface area contributed by atoms with Crippen LogP contribution >= 0.6 is 12.4 Å². The zero-order valence-corrected chi connectivity index (χ0v) is 15.2. The molecule has 1 atom stereocenters. The lowest BCUT2D eigenvalue weighted by atomic mass is 10.1. The molecule has 0 radical (unpaired) electrons. The van der Waals surface area contributed by atoms with Crippen molar-refractivity contribution in [1.29, 1.82) is 0 Å². The second kappa shape index (κ2) is 9.86. The standard InChI is InChI=1S/C18H21FN2O3.ClH/c1-12(11-20-2)18(22)21-13-8-9-15(14(19)10-13)24-17-7-5-4-6-16(17)23-3;/h4-10,12,20H,11H2,1-3H3,(H,21,22);1H. The van der Waals surface area contributed by atoms with E-state index >= 15 is 0 Å². The zero-order valence-electron chi connectivity index (χ0n) is 14.3. The van der Waals surface area contributed by atoms with Crippen LogP contribution in [-0.4, -0.2) is 26.6 Å². The topological polar surface area (TPSA) is 59.6 Å². The maximum absolute atomic E-state index is 14.2. The van der Waals surface area contributed by atoms with E-state index in [1.54, 1.807) is 44.3 Å². The molecule has 0 aliphatic heterocycles. The summed E-state index contributed by atoms with van der Waals surface area (Å²) in [6.45, 7) is 2.34. The summed E-state index contributed by atoms with van der Waals surface area (Å²) >= 11 is 0. The van der Waals surface area contributed by atoms with Crippen molar-refractivity contribution in [2.24, 2.45) is 5.92 Å². The van der Waals surface area contributed by atoms with E-state index in [4.69, 9.17) is 9.47 Å². The number of para-hydroxylation sites is 2. The van der Waals surface area contributed by atoms with Gasteiger partial charge < -0.3 is 20.1 Å². The Bertz CT molecular complexity index is 712. The summed E-state index contributed by atoms with van der Waals surface area (Å²) in [5.74, 6) is 0.0129. The molecule has 1 amide bonds. The van der Waals surface area contributed by atoms with Crippen LogP contribution in [0, 0.1) is 11.7 Å². The van der Waals surface area contributed by atoms with E-state index in [1.165, 1.54) is 19.2 Å². The van der Waals surface area contributed by atoms with Gasteiger partial charge in [0, 0.05) is 24.2 Å². The molecule has 0 aromatic heterocycles. The van der Waals surface area contributed by atoms with Crippen LogP contribution in [-0.2, 0) is 4.79 Å². The van der Waals surface area contributed by atoms with Gasteiger partial charge in [-0.15, -0.1) is 12.4 Å². The summed E-state index contributed by atoms with van der Waals surface area (Å²) in [6, 6.07) is 11.3. The molecule has 5 nitrogen and oxygen atoms in total. The van der Waals surface area contributed by atoms with Crippen molar-refractivity contribution in [3.05, 3.63) is 48.3 Å². The molecule has 0 spiro atoms. The van der Waals surface area contributed by atoms with E-state index < -0.39 is 5.82 Å². The summed E-state index contributed by atoms with van der Waals surface area (Å²) < 4.78 is 25.0. The molecule has 0 fully saturated rings. The van der Waals surface area contributed by atoms with Gasteiger partial charge in [0.1, 0.15) is 0 Å². The summed E-state index contributed by atoms with van der Waals surface area (Å²) in [7, 11) is 3.29. The summed E-state index contributed by atoms with van der Waals surface area (Å²) in [5.41, 5.74) is 0.382. The van der Waals surface area contributed by atoms with E-state index in [0.29, 0.717) is 23.7 Å². The van der Waals surface area contributed by atoms with Gasteiger partial charge in [0.25, 0.3) is 0 Å². The lowest BCUT2D eigenvalue weighted by molar-refractivity contribution is -0.119. The van der Waals surface area contributed by atoms with Gasteiger partial charge in [-0.25, -0.2) is 4.39 Å². The molecule has 0 saturated heterocycles. The molecule has 0 bridgehead atoms. The number of benzene rings is 2. The largest absolute Gasteiger partial charge is 0.493 e. The Kier molecular flexibility index (Phi) is 8.18. The van der Waals surface area contributed by atoms with Crippen molar-refractivity contribution < 1.29 is 18.7 Å². The Morgan fingerprint density at radius 1 is 1.16 bits per heavy atom. The molecule has 0 aliphatic carbocycles. The van der Waals surface area contributed by atoms with Crippen LogP contribution in [0.5, 0.6) is 17.2 Å². The fourth-order valence-electron chi connectivity index (χ4n) is 2.15. The molecule has 2 N–H and O–H groups in total. The van der Waals surface area contributed by atoms with E-state index in [1.807, 2.05) is 0 Å². The number of halogens is 2. The monoisotopic (exact) mass is 368 g/mol. The van der Waals surface area contributed by atoms with E-state index in [9.17, 15) is 9.18 Å². The van der Waals surface area contributed by atoms with Crippen molar-refractivity contribution in [3.63, 3.8) is 0 Å². The Balaban J connectivity index is 0.00000312. The first-order chi connectivity index (χ1) is 11.5. The molecule has 0 saturated carbocycles. The predicted octanol–water partition coefficient (Wildman–Crippen LogP) is 3.84. The van der Waals surface area contributed by atoms with E-state index in [2.05, 4.69) is 10.6 Å². The number of nitrogens with one attached hydrogen (secondary N) is 2. The number of carbonyl (C=O) groups is 1. The highest BCUT2D eigenvalue weighted by Gasteiger charge is 2.14. The van der Waals surface area contributed by atoms with Crippen LogP contribution in [0.15, 0.2) is 42.5 Å². The fourth-order valence-corrected chi connectivity index (χ4v) is 2.15. The van der Waals surface area contributed by atoms with Crippen molar-refractivity contribution in [2.45, 2.75) is 6.92 Å². The lowest BCUT2D eigenvalue weighted by Crippen LogP contribution is -2.28. The summed E-state index contributed by atoms with van der Waals surface area (Å²) in [6.07, 6.45) is 0. The first kappa shape index (κ1) is 20.7. The smallest absolute Gasteiger partial charge is 0.228 e. The van der Waals surface area contributed by atoms with Crippen molar-refractivity contribution >= 4 is 24.0 Å². The number of hydrogen-bond acceptors (Lipinski definition) is 4. The fraction of sp³-hybridized carbons (Fsp3) is 0.278. The molecule has 0 heterocycles. The molecule has 7 heteroatoms. The van der Waals surface area contributed by atoms with Gasteiger partial charge in [0.2, 0.25) is 5.91 Å². The van der Waals surface area contributed by atoms with Gasteiger partial charge in [0.05, 0.1) is 7.11 Å². The first-order valence-electron chi connectivity index (χ1n) is 7.61. The molecule has 2 rings (SSSR count). The maximum atomic E-state index is 14.2. The van der Waals surface area contributed by atoms with Crippen LogP contribution in [0.3, 0.4) is 0 Å². The van der Waals surface area contributed by atoms with Crippen molar-refractivity contribution in [1.82, 2.24) is 5.32 Å². The highest BCUT2D eigenvalue weighted by Crippen LogP contribution is 2.33. The summed E-state index contributed by atoms with van der Waals surface area (Å²) in [5, 5.41) is 5.61. The molecular formula is C18H22ClFN2O3. The zero-order chi connectivity index (χ0) is 17.5. The molecule has 136 valence electrons. The Morgan fingerprint density at radius 2 is 1.84 bits per heavy atom. The minimum atomic E-state index is -0.569. The van der Waals surface area contributed by atoms with Crippen molar-refractivity contribution in [3.8, 4) is 17.2 Å². The summed E-state index contributed by atoms with van der Waals surface area (Å²) in [4.78, 5) is 12.0. The number of methoxy groups -OCH3 is 1. The third kappa shape index (κ3) is 5.62. The normalized spacial score (nSPS) is 11.2. The predicted molar refractivity (Wildman–Crippen MR) is 98.4 cm³/mol. The minimum absolute atomic E-state index is 0. The number of anilines is 1. The Hall–Kier alpha value is -2.31. The number of carbonyl (C=O) groups excluding carboxylic acids is 1. The molecular weight excluding hydrogens is 347 g/mol. The maximum Gasteiger partial charge on any atom is 0.228 e. The van der Waals surface area contributed by atoms with Crippen LogP contribution in [0.1, 0.15) is 6.92 Å². The number of hydrogen-bond donors (Lipinski definition) is 2. The highest BCUT2D eigenvalue weighted by atomic mass is 35.5. The Labute approximate surface area is 152 Å². The third-order valence-corrected chi connectivity index (χ3v) is 3.45. The Morgan fingerprint density at radius 3 is 2.44 bits per heavy atom. The van der Waals surface area contributed by atoms with Crippen LogP contribution < -0.4 is 20.1 Å². The molecule has 2 aromatic rings. The number of ether oxygens (including phenoxy) is 2. The van der Waals surface area contributed by atoms with E-state index in [0.717, 1.165) is 0 Å². The first-order valence-corrected chi connectivity index (χ1v) is 7.61. The van der Waals surface area contributed by atoms with Crippen LogP contribution in [0.4, 0.5) is 10.1 Å². The van der Waals surface area contributed by atoms with Gasteiger partial charge in [-0.2, -0.15) is 0 Å². The van der Waals surface area contributed by atoms with Gasteiger partial charge in [-0.1, -0.05) is 19.1 Å². The molecule has 25 heavy (non-hydrogen) atoms. The van der Waals surface area contributed by atoms with Gasteiger partial charge >= 0.3 is 0 Å². The highest BCUT2D eigenvalue weighted by molar-refractivity contribution is 5.92.